The van der Waals surface area contributed by atoms with E-state index in [-0.39, 0.29) is 27.3 Å². The van der Waals surface area contributed by atoms with Gasteiger partial charge >= 0.3 is 6.18 Å². The predicted octanol–water partition coefficient (Wildman–Crippen LogP) is 2.22. The number of anilines is 1. The van der Waals surface area contributed by atoms with Gasteiger partial charge in [0.05, 0.1) is 39.9 Å². The topological polar surface area (TPSA) is 49.4 Å². The van der Waals surface area contributed by atoms with E-state index in [9.17, 15) is 21.6 Å². The van der Waals surface area contributed by atoms with Gasteiger partial charge in [-0.05, 0) is 30.4 Å². The second kappa shape index (κ2) is 4.97. The van der Waals surface area contributed by atoms with Crippen LogP contribution in [0.1, 0.15) is 5.56 Å². The summed E-state index contributed by atoms with van der Waals surface area (Å²) < 4.78 is 62.0. The molecule has 0 radical (unpaired) electrons. The summed E-state index contributed by atoms with van der Waals surface area (Å²) in [6.45, 7) is 0. The number of sulfone groups is 1. The zero-order valence-corrected chi connectivity index (χ0v) is 13.3. The molecule has 0 aliphatic carbocycles. The van der Waals surface area contributed by atoms with E-state index in [1.165, 1.54) is 4.90 Å². The minimum absolute atomic E-state index is 0.0681. The number of nitrogens with one attached hydrogen (secondary N) is 1. The number of alkyl halides is 3. The van der Waals surface area contributed by atoms with Gasteiger partial charge in [0.25, 0.3) is 0 Å². The van der Waals surface area contributed by atoms with E-state index in [0.29, 0.717) is 0 Å². The maximum Gasteiger partial charge on any atom is 0.416 e. The Hall–Kier alpha value is -1.06. The molecule has 2 aliphatic rings. The van der Waals surface area contributed by atoms with Crippen LogP contribution in [-0.2, 0) is 16.0 Å². The molecule has 2 fully saturated rings. The van der Waals surface area contributed by atoms with Crippen LogP contribution in [0.4, 0.5) is 18.9 Å². The number of thiocarbonyl (C=S) groups is 1. The van der Waals surface area contributed by atoms with Crippen molar-refractivity contribution in [2.45, 2.75) is 18.3 Å². The van der Waals surface area contributed by atoms with Crippen LogP contribution in [0.25, 0.3) is 0 Å². The highest BCUT2D eigenvalue weighted by Crippen LogP contribution is 2.38. The van der Waals surface area contributed by atoms with E-state index < -0.39 is 33.7 Å². The lowest BCUT2D eigenvalue weighted by Crippen LogP contribution is -2.37. The van der Waals surface area contributed by atoms with Crippen molar-refractivity contribution in [3.05, 3.63) is 28.8 Å². The van der Waals surface area contributed by atoms with E-state index >= 15 is 0 Å². The first kappa shape index (κ1) is 15.8. The van der Waals surface area contributed by atoms with Gasteiger partial charge in [0.1, 0.15) is 0 Å². The zero-order chi connectivity index (χ0) is 16.3. The molecule has 120 valence electrons. The Morgan fingerprint density at radius 1 is 1.32 bits per heavy atom. The summed E-state index contributed by atoms with van der Waals surface area (Å²) in [7, 11) is -3.25. The minimum atomic E-state index is -4.52. The molecule has 1 aromatic carbocycles. The number of hydrogen-bond donors (Lipinski definition) is 1. The van der Waals surface area contributed by atoms with Crippen molar-refractivity contribution in [1.82, 2.24) is 5.32 Å². The van der Waals surface area contributed by atoms with E-state index in [1.54, 1.807) is 0 Å². The molecule has 10 heteroatoms. The molecule has 2 atom stereocenters. The van der Waals surface area contributed by atoms with Crippen molar-refractivity contribution in [2.24, 2.45) is 0 Å². The highest BCUT2D eigenvalue weighted by Gasteiger charge is 2.48. The van der Waals surface area contributed by atoms with Crippen LogP contribution < -0.4 is 10.2 Å². The predicted molar refractivity (Wildman–Crippen MR) is 80.9 cm³/mol. The monoisotopic (exact) mass is 370 g/mol. The number of fused-ring (bicyclic) bond motifs is 1. The molecule has 0 saturated carbocycles. The number of halogens is 4. The fourth-order valence-corrected chi connectivity index (χ4v) is 5.25. The summed E-state index contributed by atoms with van der Waals surface area (Å²) in [5, 5.41) is 3.12. The van der Waals surface area contributed by atoms with Gasteiger partial charge in [-0.25, -0.2) is 8.42 Å². The SMILES string of the molecule is O=S1(=O)CC2NC(=S)N(c3cc(C(F)(F)F)ccc3Cl)C2C1. The third-order valence-corrected chi connectivity index (χ3v) is 6.07. The first-order valence-corrected chi connectivity index (χ1v) is 8.86. The molecule has 0 bridgehead atoms. The second-order valence-corrected chi connectivity index (χ2v) is 8.18. The van der Waals surface area contributed by atoms with Crippen LogP contribution in [0.5, 0.6) is 0 Å². The second-order valence-electron chi connectivity index (χ2n) is 5.23. The van der Waals surface area contributed by atoms with Crippen molar-refractivity contribution >= 4 is 44.5 Å². The maximum atomic E-state index is 12.9. The molecule has 0 amide bonds. The Balaban J connectivity index is 2.05. The standard InChI is InChI=1S/C12H10ClF3N2O2S2/c13-7-2-1-6(12(14,15)16)3-9(7)18-10-5-22(19,20)4-8(10)17-11(18)21/h1-3,8,10H,4-5H2,(H,17,21). The van der Waals surface area contributed by atoms with Crippen LogP contribution in [0.2, 0.25) is 5.02 Å². The Labute approximate surface area is 135 Å². The number of benzene rings is 1. The van der Waals surface area contributed by atoms with Gasteiger partial charge in [-0.3, -0.25) is 0 Å². The molecule has 4 nitrogen and oxygen atoms in total. The molecule has 22 heavy (non-hydrogen) atoms. The summed E-state index contributed by atoms with van der Waals surface area (Å²) in [4.78, 5) is 1.38. The lowest BCUT2D eigenvalue weighted by molar-refractivity contribution is -0.137. The van der Waals surface area contributed by atoms with Crippen LogP contribution in [0.3, 0.4) is 0 Å². The van der Waals surface area contributed by atoms with E-state index in [4.69, 9.17) is 23.8 Å². The zero-order valence-electron chi connectivity index (χ0n) is 10.9. The molecule has 2 unspecified atom stereocenters. The largest absolute Gasteiger partial charge is 0.416 e. The Morgan fingerprint density at radius 2 is 2.00 bits per heavy atom. The van der Waals surface area contributed by atoms with Gasteiger partial charge in [-0.2, -0.15) is 13.2 Å². The normalized spacial score (nSPS) is 26.9. The quantitative estimate of drug-likeness (QED) is 0.768. The molecular formula is C12H10ClF3N2O2S2. The molecule has 1 N–H and O–H groups in total. The highest BCUT2D eigenvalue weighted by atomic mass is 35.5. The molecule has 0 aromatic heterocycles. The Morgan fingerprint density at radius 3 is 2.64 bits per heavy atom. The molecule has 0 spiro atoms. The van der Waals surface area contributed by atoms with Crippen molar-refractivity contribution in [1.29, 1.82) is 0 Å². The lowest BCUT2D eigenvalue weighted by atomic mass is 10.1. The van der Waals surface area contributed by atoms with Crippen molar-refractivity contribution < 1.29 is 21.6 Å². The Bertz CT molecular complexity index is 751. The minimum Gasteiger partial charge on any atom is -0.356 e. The molecular weight excluding hydrogens is 361 g/mol. The summed E-state index contributed by atoms with van der Waals surface area (Å²) >= 11 is 11.1. The number of nitrogens with zero attached hydrogens (tertiary/aromatic N) is 1. The van der Waals surface area contributed by atoms with E-state index in [0.717, 1.165) is 18.2 Å². The van der Waals surface area contributed by atoms with Crippen molar-refractivity contribution in [3.63, 3.8) is 0 Å². The average Bonchev–Trinajstić information content (AvgIpc) is 2.79. The number of hydrogen-bond acceptors (Lipinski definition) is 3. The van der Waals surface area contributed by atoms with Gasteiger partial charge in [-0.1, -0.05) is 11.6 Å². The van der Waals surface area contributed by atoms with Gasteiger partial charge in [0, 0.05) is 0 Å². The fourth-order valence-electron chi connectivity index (χ4n) is 2.76. The smallest absolute Gasteiger partial charge is 0.356 e. The van der Waals surface area contributed by atoms with Gasteiger partial charge in [-0.15, -0.1) is 0 Å². The summed E-state index contributed by atoms with van der Waals surface area (Å²) in [5.41, 5.74) is -0.794. The van der Waals surface area contributed by atoms with Crippen molar-refractivity contribution in [2.75, 3.05) is 16.4 Å². The molecule has 2 heterocycles. The summed E-state index contributed by atoms with van der Waals surface area (Å²) in [6, 6.07) is 1.94. The lowest BCUT2D eigenvalue weighted by Gasteiger charge is -2.25. The van der Waals surface area contributed by atoms with Crippen LogP contribution in [0, 0.1) is 0 Å². The third-order valence-electron chi connectivity index (χ3n) is 3.71. The first-order chi connectivity index (χ1) is 10.1. The van der Waals surface area contributed by atoms with Gasteiger partial charge < -0.3 is 10.2 Å². The molecule has 1 aromatic rings. The average molecular weight is 371 g/mol. The van der Waals surface area contributed by atoms with Crippen LogP contribution in [-0.4, -0.2) is 37.1 Å². The van der Waals surface area contributed by atoms with Crippen LogP contribution >= 0.6 is 23.8 Å². The Kier molecular flexibility index (Phi) is 3.57. The van der Waals surface area contributed by atoms with E-state index in [2.05, 4.69) is 5.32 Å². The number of rotatable bonds is 1. The first-order valence-electron chi connectivity index (χ1n) is 6.25. The highest BCUT2D eigenvalue weighted by molar-refractivity contribution is 7.91. The fraction of sp³-hybridized carbons (Fsp3) is 0.417. The van der Waals surface area contributed by atoms with Gasteiger partial charge in [0.2, 0.25) is 0 Å². The van der Waals surface area contributed by atoms with E-state index in [1.807, 2.05) is 0 Å². The van der Waals surface area contributed by atoms with Crippen molar-refractivity contribution in [3.8, 4) is 0 Å². The van der Waals surface area contributed by atoms with Crippen LogP contribution in [0.15, 0.2) is 18.2 Å². The summed E-state index contributed by atoms with van der Waals surface area (Å²) in [5.74, 6) is -0.262. The molecule has 2 saturated heterocycles. The molecule has 3 rings (SSSR count). The third kappa shape index (κ3) is 2.65. The maximum absolute atomic E-state index is 12.9. The molecule has 2 aliphatic heterocycles. The summed E-state index contributed by atoms with van der Waals surface area (Å²) in [6.07, 6.45) is -4.52. The van der Waals surface area contributed by atoms with Gasteiger partial charge in [0.15, 0.2) is 14.9 Å².